The van der Waals surface area contributed by atoms with Gasteiger partial charge in [-0.1, -0.05) is 0 Å². The number of primary amides is 2. The van der Waals surface area contributed by atoms with Crippen LogP contribution in [0.3, 0.4) is 0 Å². The van der Waals surface area contributed by atoms with Crippen molar-refractivity contribution >= 4 is 23.4 Å². The van der Waals surface area contributed by atoms with Crippen molar-refractivity contribution in [3.05, 3.63) is 24.3 Å². The number of hydrogen-bond donors (Lipinski definition) is 4. The molecule has 0 spiro atoms. The summed E-state index contributed by atoms with van der Waals surface area (Å²) in [5.41, 5.74) is 9.82. The van der Waals surface area contributed by atoms with Crippen molar-refractivity contribution in [1.29, 1.82) is 0 Å². The van der Waals surface area contributed by atoms with Crippen LogP contribution in [0.4, 0.5) is 21.0 Å². The molecule has 8 heteroatoms. The Hall–Kier alpha value is -2.32. The van der Waals surface area contributed by atoms with Crippen molar-refractivity contribution < 1.29 is 20.0 Å². The third-order valence-electron chi connectivity index (χ3n) is 1.76. The topological polar surface area (TPSA) is 133 Å². The molecule has 16 heavy (non-hydrogen) atoms. The molecule has 0 saturated heterocycles. The van der Waals surface area contributed by atoms with Crippen LogP contribution in [0.15, 0.2) is 24.3 Å². The summed E-state index contributed by atoms with van der Waals surface area (Å²) < 4.78 is 0. The summed E-state index contributed by atoms with van der Waals surface area (Å²) in [5.74, 6) is 0. The van der Waals surface area contributed by atoms with Crippen LogP contribution in [0.2, 0.25) is 0 Å². The molecule has 0 radical (unpaired) electrons. The number of hydroxylamine groups is 2. The molecule has 0 aliphatic heterocycles. The molecule has 4 amide bonds. The van der Waals surface area contributed by atoms with E-state index in [-0.39, 0.29) is 21.5 Å². The summed E-state index contributed by atoms with van der Waals surface area (Å²) in [6.07, 6.45) is 0. The van der Waals surface area contributed by atoms with Crippen molar-refractivity contribution in [2.75, 3.05) is 10.1 Å². The second-order valence-corrected chi connectivity index (χ2v) is 2.82. The van der Waals surface area contributed by atoms with Crippen LogP contribution in [-0.4, -0.2) is 22.5 Å². The molecular formula is C8H10N4O4. The second kappa shape index (κ2) is 4.47. The minimum absolute atomic E-state index is 0.0918. The third-order valence-corrected chi connectivity index (χ3v) is 1.76. The van der Waals surface area contributed by atoms with Gasteiger partial charge >= 0.3 is 12.1 Å². The molecule has 6 N–H and O–H groups in total. The smallest absolute Gasteiger partial charge is 0.343 e. The number of amides is 4. The normalized spacial score (nSPS) is 9.62. The maximum Gasteiger partial charge on any atom is 0.343 e. The van der Waals surface area contributed by atoms with Crippen molar-refractivity contribution in [2.24, 2.45) is 11.5 Å². The molecule has 1 rings (SSSR count). The Morgan fingerprint density at radius 2 is 1.12 bits per heavy atom. The Kier molecular flexibility index (Phi) is 3.28. The molecule has 0 saturated carbocycles. The zero-order valence-corrected chi connectivity index (χ0v) is 8.07. The zero-order valence-electron chi connectivity index (χ0n) is 8.07. The van der Waals surface area contributed by atoms with Crippen LogP contribution < -0.4 is 21.6 Å². The molecule has 0 aliphatic rings. The Bertz CT molecular complexity index is 366. The predicted octanol–water partition coefficient (Wildman–Crippen LogP) is 0.235. The molecule has 0 fully saturated rings. The number of rotatable bonds is 2. The Balaban J connectivity index is 2.91. The standard InChI is InChI=1S/C8H10N4O4/c9-7(13)11(15)5-1-2-6(4-3-5)12(16)8(10)14/h1-4,15-16H,(H2,9,13)(H2,10,14). The van der Waals surface area contributed by atoms with Gasteiger partial charge in [-0.05, 0) is 24.3 Å². The highest BCUT2D eigenvalue weighted by molar-refractivity contribution is 5.90. The zero-order chi connectivity index (χ0) is 12.3. The van der Waals surface area contributed by atoms with Gasteiger partial charge in [0, 0.05) is 0 Å². The van der Waals surface area contributed by atoms with E-state index in [0.717, 1.165) is 0 Å². The number of urea groups is 2. The lowest BCUT2D eigenvalue weighted by Gasteiger charge is -2.15. The van der Waals surface area contributed by atoms with Gasteiger partial charge in [0.1, 0.15) is 0 Å². The van der Waals surface area contributed by atoms with E-state index < -0.39 is 12.1 Å². The summed E-state index contributed by atoms with van der Waals surface area (Å²) in [6, 6.07) is 2.98. The van der Waals surface area contributed by atoms with Gasteiger partial charge in [-0.25, -0.2) is 9.59 Å². The van der Waals surface area contributed by atoms with Gasteiger partial charge in [-0.15, -0.1) is 0 Å². The van der Waals surface area contributed by atoms with Crippen molar-refractivity contribution in [2.45, 2.75) is 0 Å². The molecule has 1 aromatic carbocycles. The van der Waals surface area contributed by atoms with E-state index in [1.165, 1.54) is 24.3 Å². The summed E-state index contributed by atoms with van der Waals surface area (Å²) in [6.45, 7) is 0. The van der Waals surface area contributed by atoms with Crippen LogP contribution >= 0.6 is 0 Å². The van der Waals surface area contributed by atoms with Gasteiger partial charge in [0.15, 0.2) is 0 Å². The number of benzene rings is 1. The van der Waals surface area contributed by atoms with Crippen LogP contribution in [0.1, 0.15) is 0 Å². The van der Waals surface area contributed by atoms with Crippen molar-refractivity contribution in [3.63, 3.8) is 0 Å². The van der Waals surface area contributed by atoms with Crippen LogP contribution in [-0.2, 0) is 0 Å². The molecule has 0 unspecified atom stereocenters. The number of carbonyl (C=O) groups excluding carboxylic acids is 2. The molecule has 0 atom stereocenters. The van der Waals surface area contributed by atoms with Gasteiger partial charge in [-0.3, -0.25) is 10.4 Å². The largest absolute Gasteiger partial charge is 0.349 e. The third kappa shape index (κ3) is 2.38. The van der Waals surface area contributed by atoms with Gasteiger partial charge in [-0.2, -0.15) is 10.1 Å². The van der Waals surface area contributed by atoms with Gasteiger partial charge < -0.3 is 11.5 Å². The Labute approximate surface area is 90.2 Å². The highest BCUT2D eigenvalue weighted by Gasteiger charge is 2.11. The number of carbonyl (C=O) groups is 2. The van der Waals surface area contributed by atoms with E-state index in [9.17, 15) is 9.59 Å². The first kappa shape index (κ1) is 11.8. The molecule has 0 heterocycles. The number of hydrogen-bond acceptors (Lipinski definition) is 4. The minimum Gasteiger partial charge on any atom is -0.349 e. The fourth-order valence-electron chi connectivity index (χ4n) is 0.990. The fourth-order valence-corrected chi connectivity index (χ4v) is 0.990. The first-order valence-corrected chi connectivity index (χ1v) is 4.10. The predicted molar refractivity (Wildman–Crippen MR) is 54.1 cm³/mol. The molecule has 8 nitrogen and oxygen atoms in total. The summed E-state index contributed by atoms with van der Waals surface area (Å²) in [4.78, 5) is 21.2. The maximum absolute atomic E-state index is 10.6. The van der Waals surface area contributed by atoms with E-state index in [1.807, 2.05) is 0 Å². The molecular weight excluding hydrogens is 216 g/mol. The van der Waals surface area contributed by atoms with Crippen LogP contribution in [0.5, 0.6) is 0 Å². The number of anilines is 2. The van der Waals surface area contributed by atoms with Crippen molar-refractivity contribution in [1.82, 2.24) is 0 Å². The van der Waals surface area contributed by atoms with Crippen LogP contribution in [0.25, 0.3) is 0 Å². The molecule has 0 aliphatic carbocycles. The second-order valence-electron chi connectivity index (χ2n) is 2.82. The van der Waals surface area contributed by atoms with Gasteiger partial charge in [0.2, 0.25) is 0 Å². The fraction of sp³-hybridized carbons (Fsp3) is 0. The lowest BCUT2D eigenvalue weighted by molar-refractivity contribution is 0.211. The number of nitrogens with two attached hydrogens (primary N) is 2. The Morgan fingerprint density at radius 1 is 0.875 bits per heavy atom. The molecule has 0 bridgehead atoms. The van der Waals surface area contributed by atoms with E-state index in [2.05, 4.69) is 0 Å². The highest BCUT2D eigenvalue weighted by atomic mass is 16.5. The summed E-state index contributed by atoms with van der Waals surface area (Å²) in [5, 5.41) is 18.7. The van der Waals surface area contributed by atoms with E-state index in [1.54, 1.807) is 0 Å². The van der Waals surface area contributed by atoms with E-state index >= 15 is 0 Å². The lowest BCUT2D eigenvalue weighted by atomic mass is 10.3. The van der Waals surface area contributed by atoms with E-state index in [4.69, 9.17) is 21.9 Å². The highest BCUT2D eigenvalue weighted by Crippen LogP contribution is 2.18. The van der Waals surface area contributed by atoms with Gasteiger partial charge in [0.05, 0.1) is 11.4 Å². The Morgan fingerprint density at radius 3 is 1.31 bits per heavy atom. The lowest BCUT2D eigenvalue weighted by Crippen LogP contribution is -2.33. The quantitative estimate of drug-likeness (QED) is 0.424. The SMILES string of the molecule is NC(=O)N(O)c1ccc(N(O)C(N)=O)cc1. The average Bonchev–Trinajstić information content (AvgIpc) is 2.27. The van der Waals surface area contributed by atoms with E-state index in [0.29, 0.717) is 0 Å². The van der Waals surface area contributed by atoms with Crippen LogP contribution in [0, 0.1) is 0 Å². The average molecular weight is 226 g/mol. The number of nitrogens with zero attached hydrogens (tertiary/aromatic N) is 2. The summed E-state index contributed by atoms with van der Waals surface area (Å²) in [7, 11) is 0. The minimum atomic E-state index is -1.05. The molecule has 0 aromatic heterocycles. The first-order valence-electron chi connectivity index (χ1n) is 4.10. The monoisotopic (exact) mass is 226 g/mol. The molecule has 1 aromatic rings. The van der Waals surface area contributed by atoms with Gasteiger partial charge in [0.25, 0.3) is 0 Å². The van der Waals surface area contributed by atoms with Crippen molar-refractivity contribution in [3.8, 4) is 0 Å². The maximum atomic E-state index is 10.6. The first-order chi connectivity index (χ1) is 7.43. The molecule has 86 valence electrons. The summed E-state index contributed by atoms with van der Waals surface area (Å²) >= 11 is 0.